The molecule has 0 saturated heterocycles. The molecule has 17 heavy (non-hydrogen) atoms. The van der Waals surface area contributed by atoms with Crippen molar-refractivity contribution in [1.82, 2.24) is 15.2 Å². The van der Waals surface area contributed by atoms with E-state index in [9.17, 15) is 9.59 Å². The van der Waals surface area contributed by atoms with Crippen molar-refractivity contribution >= 4 is 27.7 Å². The third-order valence-corrected chi connectivity index (χ3v) is 2.90. The molecule has 0 spiro atoms. The predicted octanol–water partition coefficient (Wildman–Crippen LogP) is 1.05. The molecule has 92 valence electrons. The van der Waals surface area contributed by atoms with Crippen LogP contribution in [0.2, 0.25) is 0 Å². The van der Waals surface area contributed by atoms with Crippen molar-refractivity contribution in [3.8, 4) is 0 Å². The molecular weight excluding hydrogens is 286 g/mol. The van der Waals surface area contributed by atoms with Crippen molar-refractivity contribution in [2.45, 2.75) is 6.42 Å². The van der Waals surface area contributed by atoms with Gasteiger partial charge in [0.1, 0.15) is 5.69 Å². The van der Waals surface area contributed by atoms with E-state index in [4.69, 9.17) is 0 Å². The van der Waals surface area contributed by atoms with E-state index in [1.54, 1.807) is 32.4 Å². The van der Waals surface area contributed by atoms with Crippen LogP contribution >= 0.6 is 15.9 Å². The van der Waals surface area contributed by atoms with Crippen LogP contribution in [0, 0.1) is 0 Å². The standard InChI is InChI=1S/C11H14BrN3O2/c1-13-9(16)5-7-15(2)11(17)10-8(12)4-3-6-14-10/h3-4,6H,5,7H2,1-2H3,(H,13,16). The third kappa shape index (κ3) is 3.81. The molecular formula is C11H14BrN3O2. The van der Waals surface area contributed by atoms with Crippen LogP contribution < -0.4 is 5.32 Å². The van der Waals surface area contributed by atoms with Crippen LogP contribution in [-0.2, 0) is 4.79 Å². The maximum Gasteiger partial charge on any atom is 0.273 e. The second-order valence-electron chi connectivity index (χ2n) is 3.48. The molecule has 1 aromatic heterocycles. The van der Waals surface area contributed by atoms with E-state index in [1.807, 2.05) is 0 Å². The first-order chi connectivity index (χ1) is 8.06. The summed E-state index contributed by atoms with van der Waals surface area (Å²) in [6.45, 7) is 0.363. The van der Waals surface area contributed by atoms with Gasteiger partial charge in [0.05, 0.1) is 0 Å². The Hall–Kier alpha value is -1.43. The lowest BCUT2D eigenvalue weighted by Gasteiger charge is -2.16. The van der Waals surface area contributed by atoms with Crippen LogP contribution in [0.4, 0.5) is 0 Å². The minimum Gasteiger partial charge on any atom is -0.359 e. The summed E-state index contributed by atoms with van der Waals surface area (Å²) in [6.07, 6.45) is 1.84. The van der Waals surface area contributed by atoms with E-state index in [2.05, 4.69) is 26.2 Å². The summed E-state index contributed by atoms with van der Waals surface area (Å²) in [4.78, 5) is 28.5. The topological polar surface area (TPSA) is 62.3 Å². The highest BCUT2D eigenvalue weighted by atomic mass is 79.9. The maximum absolute atomic E-state index is 12.0. The van der Waals surface area contributed by atoms with Crippen molar-refractivity contribution in [3.05, 3.63) is 28.5 Å². The Morgan fingerprint density at radius 2 is 2.24 bits per heavy atom. The van der Waals surface area contributed by atoms with Crippen molar-refractivity contribution in [2.75, 3.05) is 20.6 Å². The number of carbonyl (C=O) groups is 2. The van der Waals surface area contributed by atoms with Gasteiger partial charge in [-0.25, -0.2) is 4.98 Å². The first-order valence-electron chi connectivity index (χ1n) is 5.12. The van der Waals surface area contributed by atoms with Gasteiger partial charge in [-0.05, 0) is 28.1 Å². The van der Waals surface area contributed by atoms with Crippen LogP contribution in [0.3, 0.4) is 0 Å². The average molecular weight is 300 g/mol. The van der Waals surface area contributed by atoms with Crippen LogP contribution in [0.1, 0.15) is 16.9 Å². The SMILES string of the molecule is CNC(=O)CCN(C)C(=O)c1ncccc1Br. The number of amides is 2. The van der Waals surface area contributed by atoms with Gasteiger partial charge < -0.3 is 10.2 Å². The summed E-state index contributed by atoms with van der Waals surface area (Å²) >= 11 is 3.27. The molecule has 0 atom stereocenters. The van der Waals surface area contributed by atoms with Crippen LogP contribution in [0.25, 0.3) is 0 Å². The lowest BCUT2D eigenvalue weighted by atomic mass is 10.3. The van der Waals surface area contributed by atoms with Gasteiger partial charge in [0.2, 0.25) is 5.91 Å². The highest BCUT2D eigenvalue weighted by molar-refractivity contribution is 9.10. The van der Waals surface area contributed by atoms with Gasteiger partial charge in [-0.3, -0.25) is 9.59 Å². The normalized spacial score (nSPS) is 9.82. The lowest BCUT2D eigenvalue weighted by Crippen LogP contribution is -2.32. The Bertz CT molecular complexity index is 423. The van der Waals surface area contributed by atoms with Crippen molar-refractivity contribution < 1.29 is 9.59 Å². The molecule has 1 heterocycles. The zero-order valence-electron chi connectivity index (χ0n) is 9.74. The number of hydrogen-bond donors (Lipinski definition) is 1. The lowest BCUT2D eigenvalue weighted by molar-refractivity contribution is -0.120. The van der Waals surface area contributed by atoms with Gasteiger partial charge in [0.15, 0.2) is 0 Å². The number of carbonyl (C=O) groups excluding carboxylic acids is 2. The molecule has 0 radical (unpaired) electrons. The number of nitrogens with one attached hydrogen (secondary N) is 1. The molecule has 0 aliphatic heterocycles. The van der Waals surface area contributed by atoms with E-state index in [0.29, 0.717) is 16.7 Å². The molecule has 1 rings (SSSR count). The van der Waals surface area contributed by atoms with E-state index in [-0.39, 0.29) is 18.2 Å². The van der Waals surface area contributed by atoms with Crippen LogP contribution in [0.5, 0.6) is 0 Å². The Morgan fingerprint density at radius 1 is 1.53 bits per heavy atom. The van der Waals surface area contributed by atoms with E-state index in [1.165, 1.54) is 4.90 Å². The summed E-state index contributed by atoms with van der Waals surface area (Å²) in [6, 6.07) is 3.50. The Labute approximate surface area is 108 Å². The Morgan fingerprint density at radius 3 is 2.82 bits per heavy atom. The molecule has 6 heteroatoms. The first-order valence-corrected chi connectivity index (χ1v) is 5.92. The van der Waals surface area contributed by atoms with Gasteiger partial charge in [-0.15, -0.1) is 0 Å². The number of halogens is 1. The number of nitrogens with zero attached hydrogens (tertiary/aromatic N) is 2. The largest absolute Gasteiger partial charge is 0.359 e. The maximum atomic E-state index is 12.0. The van der Waals surface area contributed by atoms with Gasteiger partial charge in [0.25, 0.3) is 5.91 Å². The fourth-order valence-corrected chi connectivity index (χ4v) is 1.64. The number of pyridine rings is 1. The predicted molar refractivity (Wildman–Crippen MR) is 67.6 cm³/mol. The van der Waals surface area contributed by atoms with Gasteiger partial charge in [0, 0.05) is 37.7 Å². The second-order valence-corrected chi connectivity index (χ2v) is 4.34. The van der Waals surface area contributed by atoms with Crippen molar-refractivity contribution in [1.29, 1.82) is 0 Å². The quantitative estimate of drug-likeness (QED) is 0.904. The molecule has 0 aliphatic rings. The molecule has 0 saturated carbocycles. The zero-order chi connectivity index (χ0) is 12.8. The summed E-state index contributed by atoms with van der Waals surface area (Å²) in [5.74, 6) is -0.300. The molecule has 5 nitrogen and oxygen atoms in total. The first kappa shape index (κ1) is 13.6. The fraction of sp³-hybridized carbons (Fsp3) is 0.364. The summed E-state index contributed by atoms with van der Waals surface area (Å²) in [5.41, 5.74) is 0.354. The van der Waals surface area contributed by atoms with Gasteiger partial charge in [-0.2, -0.15) is 0 Å². The molecule has 0 aromatic carbocycles. The van der Waals surface area contributed by atoms with E-state index < -0.39 is 0 Å². The van der Waals surface area contributed by atoms with Crippen LogP contribution in [-0.4, -0.2) is 42.3 Å². The van der Waals surface area contributed by atoms with Gasteiger partial charge in [-0.1, -0.05) is 0 Å². The summed E-state index contributed by atoms with van der Waals surface area (Å²) in [5, 5.41) is 2.51. The molecule has 0 unspecified atom stereocenters. The Kier molecular flexibility index (Phi) is 5.09. The van der Waals surface area contributed by atoms with Crippen molar-refractivity contribution in [3.63, 3.8) is 0 Å². The minimum atomic E-state index is -0.207. The average Bonchev–Trinajstić information content (AvgIpc) is 2.35. The second kappa shape index (κ2) is 6.34. The third-order valence-electron chi connectivity index (χ3n) is 2.26. The summed E-state index contributed by atoms with van der Waals surface area (Å²) in [7, 11) is 3.21. The molecule has 1 aromatic rings. The smallest absolute Gasteiger partial charge is 0.273 e. The number of aromatic nitrogens is 1. The molecule has 2 amide bonds. The highest BCUT2D eigenvalue weighted by Crippen LogP contribution is 2.14. The Balaban J connectivity index is 2.64. The zero-order valence-corrected chi connectivity index (χ0v) is 11.3. The van der Waals surface area contributed by atoms with Crippen molar-refractivity contribution in [2.24, 2.45) is 0 Å². The fourth-order valence-electron chi connectivity index (χ4n) is 1.22. The van der Waals surface area contributed by atoms with Gasteiger partial charge >= 0.3 is 0 Å². The summed E-state index contributed by atoms with van der Waals surface area (Å²) < 4.78 is 0.650. The monoisotopic (exact) mass is 299 g/mol. The number of hydrogen-bond acceptors (Lipinski definition) is 3. The van der Waals surface area contributed by atoms with E-state index >= 15 is 0 Å². The molecule has 1 N–H and O–H groups in total. The molecule has 0 fully saturated rings. The number of rotatable bonds is 4. The van der Waals surface area contributed by atoms with E-state index in [0.717, 1.165) is 0 Å². The highest BCUT2D eigenvalue weighted by Gasteiger charge is 2.16. The molecule has 0 aliphatic carbocycles. The molecule has 0 bridgehead atoms. The van der Waals surface area contributed by atoms with Crippen LogP contribution in [0.15, 0.2) is 22.8 Å². The minimum absolute atomic E-state index is 0.0928.